The molecule has 21 heavy (non-hydrogen) atoms. The van der Waals surface area contributed by atoms with Crippen LogP contribution in [0.5, 0.6) is 11.5 Å². The van der Waals surface area contributed by atoms with Crippen molar-refractivity contribution in [3.8, 4) is 11.5 Å². The van der Waals surface area contributed by atoms with Crippen LogP contribution in [-0.4, -0.2) is 45.4 Å². The zero-order valence-corrected chi connectivity index (χ0v) is 12.8. The highest BCUT2D eigenvalue weighted by atomic mass is 16.6. The lowest BCUT2D eigenvalue weighted by Crippen LogP contribution is -2.23. The maximum atomic E-state index is 5.93. The zero-order valence-electron chi connectivity index (χ0n) is 12.8. The Morgan fingerprint density at radius 3 is 2.86 bits per heavy atom. The fraction of sp³-hybridized carbons (Fsp3) is 0.625. The average Bonchev–Trinajstić information content (AvgIpc) is 2.88. The van der Waals surface area contributed by atoms with Gasteiger partial charge >= 0.3 is 0 Å². The van der Waals surface area contributed by atoms with Crippen LogP contribution < -0.4 is 15.2 Å². The summed E-state index contributed by atoms with van der Waals surface area (Å²) < 4.78 is 17.0. The van der Waals surface area contributed by atoms with E-state index in [1.807, 2.05) is 6.07 Å². The summed E-state index contributed by atoms with van der Waals surface area (Å²) in [6.45, 7) is 3.56. The molecule has 0 saturated carbocycles. The molecule has 5 heteroatoms. The Hall–Kier alpha value is -1.30. The first-order valence-electron chi connectivity index (χ1n) is 7.55. The zero-order chi connectivity index (χ0) is 14.8. The topological polar surface area (TPSA) is 57.0 Å². The van der Waals surface area contributed by atoms with E-state index in [1.54, 1.807) is 7.11 Å². The van der Waals surface area contributed by atoms with Crippen LogP contribution in [0.3, 0.4) is 0 Å². The van der Waals surface area contributed by atoms with Gasteiger partial charge in [0.05, 0.1) is 6.61 Å². The Morgan fingerprint density at radius 1 is 1.33 bits per heavy atom. The van der Waals surface area contributed by atoms with E-state index in [0.29, 0.717) is 31.8 Å². The van der Waals surface area contributed by atoms with E-state index in [-0.39, 0.29) is 0 Å². The minimum atomic E-state index is 0.320. The van der Waals surface area contributed by atoms with Crippen molar-refractivity contribution >= 4 is 0 Å². The predicted octanol–water partition coefficient (Wildman–Crippen LogP) is 1.56. The van der Waals surface area contributed by atoms with Gasteiger partial charge < -0.3 is 19.9 Å². The minimum Gasteiger partial charge on any atom is -0.486 e. The molecule has 1 aromatic carbocycles. The third-order valence-corrected chi connectivity index (χ3v) is 4.44. The number of methoxy groups -OCH3 is 1. The summed E-state index contributed by atoms with van der Waals surface area (Å²) in [6, 6.07) is 4.40. The lowest BCUT2D eigenvalue weighted by molar-refractivity contribution is 0.160. The van der Waals surface area contributed by atoms with Crippen LogP contribution in [0.4, 0.5) is 0 Å². The Kier molecular flexibility index (Phi) is 4.33. The van der Waals surface area contributed by atoms with Crippen LogP contribution in [0, 0.1) is 5.92 Å². The molecule has 2 heterocycles. The number of nitrogens with zero attached hydrogens (tertiary/aromatic N) is 1. The lowest BCUT2D eigenvalue weighted by Gasteiger charge is -2.28. The monoisotopic (exact) mass is 292 g/mol. The molecule has 1 aromatic rings. The number of benzene rings is 1. The molecule has 116 valence electrons. The highest BCUT2D eigenvalue weighted by Gasteiger charge is 2.35. The summed E-state index contributed by atoms with van der Waals surface area (Å²) in [5.74, 6) is 2.28. The number of nitrogens with two attached hydrogens (primary N) is 1. The van der Waals surface area contributed by atoms with E-state index in [0.717, 1.165) is 31.0 Å². The molecule has 0 spiro atoms. The van der Waals surface area contributed by atoms with E-state index in [2.05, 4.69) is 18.0 Å². The van der Waals surface area contributed by atoms with E-state index in [9.17, 15) is 0 Å². The minimum absolute atomic E-state index is 0.320. The van der Waals surface area contributed by atoms with E-state index < -0.39 is 0 Å². The predicted molar refractivity (Wildman–Crippen MR) is 80.7 cm³/mol. The molecule has 0 amide bonds. The number of likely N-dealkylation sites (tertiary alicyclic amines) is 1. The summed E-state index contributed by atoms with van der Waals surface area (Å²) in [6.07, 6.45) is 1.06. The second kappa shape index (κ2) is 6.22. The number of rotatable bonds is 4. The van der Waals surface area contributed by atoms with Crippen molar-refractivity contribution in [1.82, 2.24) is 4.90 Å². The summed E-state index contributed by atoms with van der Waals surface area (Å²) >= 11 is 0. The molecule has 2 unspecified atom stereocenters. The number of ether oxygens (including phenoxy) is 3. The van der Waals surface area contributed by atoms with Crippen LogP contribution in [-0.2, 0) is 11.3 Å². The van der Waals surface area contributed by atoms with Gasteiger partial charge in [-0.2, -0.15) is 0 Å². The van der Waals surface area contributed by atoms with E-state index in [4.69, 9.17) is 19.9 Å². The summed E-state index contributed by atoms with van der Waals surface area (Å²) in [5, 5.41) is 0. The van der Waals surface area contributed by atoms with Gasteiger partial charge in [0.1, 0.15) is 13.2 Å². The average molecular weight is 292 g/mol. The molecule has 0 bridgehead atoms. The number of hydrogen-bond acceptors (Lipinski definition) is 5. The molecular weight excluding hydrogens is 268 g/mol. The Balaban J connectivity index is 2.02. The first-order chi connectivity index (χ1) is 10.2. The quantitative estimate of drug-likeness (QED) is 0.912. The van der Waals surface area contributed by atoms with Crippen molar-refractivity contribution in [2.45, 2.75) is 19.1 Å². The first kappa shape index (κ1) is 14.6. The molecule has 2 N–H and O–H groups in total. The normalized spacial score (nSPS) is 25.3. The van der Waals surface area contributed by atoms with Gasteiger partial charge in [-0.1, -0.05) is 6.07 Å². The molecule has 0 aliphatic carbocycles. The second-order valence-corrected chi connectivity index (χ2v) is 5.89. The third kappa shape index (κ3) is 2.73. The van der Waals surface area contributed by atoms with Gasteiger partial charge in [-0.3, -0.25) is 4.90 Å². The number of hydrogen-bond donors (Lipinski definition) is 1. The van der Waals surface area contributed by atoms with Gasteiger partial charge in [0.25, 0.3) is 0 Å². The van der Waals surface area contributed by atoms with Crippen LogP contribution in [0.25, 0.3) is 0 Å². The van der Waals surface area contributed by atoms with Gasteiger partial charge in [-0.15, -0.1) is 0 Å². The first-order valence-corrected chi connectivity index (χ1v) is 7.55. The van der Waals surface area contributed by atoms with Crippen molar-refractivity contribution < 1.29 is 14.2 Å². The van der Waals surface area contributed by atoms with Crippen LogP contribution >= 0.6 is 0 Å². The van der Waals surface area contributed by atoms with Crippen LogP contribution in [0.2, 0.25) is 0 Å². The van der Waals surface area contributed by atoms with Crippen molar-refractivity contribution in [2.75, 3.05) is 40.5 Å². The van der Waals surface area contributed by atoms with E-state index >= 15 is 0 Å². The Labute approximate surface area is 126 Å². The van der Waals surface area contributed by atoms with Crippen LogP contribution in [0.15, 0.2) is 12.1 Å². The van der Waals surface area contributed by atoms with Crippen molar-refractivity contribution in [1.29, 1.82) is 0 Å². The molecule has 0 aromatic heterocycles. The molecule has 2 aliphatic heterocycles. The summed E-state index contributed by atoms with van der Waals surface area (Å²) in [4.78, 5) is 2.37. The molecule has 0 radical (unpaired) electrons. The maximum absolute atomic E-state index is 5.93. The Bertz CT molecular complexity index is 507. The summed E-state index contributed by atoms with van der Waals surface area (Å²) in [5.41, 5.74) is 8.26. The molecular formula is C16H24N2O3. The molecule has 5 nitrogen and oxygen atoms in total. The largest absolute Gasteiger partial charge is 0.486 e. The van der Waals surface area contributed by atoms with Gasteiger partial charge in [-0.25, -0.2) is 0 Å². The summed E-state index contributed by atoms with van der Waals surface area (Å²) in [7, 11) is 3.88. The van der Waals surface area contributed by atoms with E-state index in [1.165, 1.54) is 11.1 Å². The molecule has 1 fully saturated rings. The van der Waals surface area contributed by atoms with Crippen molar-refractivity contribution in [2.24, 2.45) is 11.7 Å². The van der Waals surface area contributed by atoms with Gasteiger partial charge in [0, 0.05) is 25.3 Å². The Morgan fingerprint density at radius 2 is 2.14 bits per heavy atom. The van der Waals surface area contributed by atoms with Gasteiger partial charge in [0.15, 0.2) is 11.5 Å². The van der Waals surface area contributed by atoms with Crippen LogP contribution in [0.1, 0.15) is 23.6 Å². The lowest BCUT2D eigenvalue weighted by atomic mass is 9.94. The molecule has 2 aliphatic rings. The third-order valence-electron chi connectivity index (χ3n) is 4.44. The molecule has 1 saturated heterocycles. The van der Waals surface area contributed by atoms with Crippen molar-refractivity contribution in [3.05, 3.63) is 23.3 Å². The fourth-order valence-corrected chi connectivity index (χ4v) is 3.44. The molecule has 3 rings (SSSR count). The second-order valence-electron chi connectivity index (χ2n) is 5.89. The highest BCUT2D eigenvalue weighted by Crippen LogP contribution is 2.45. The maximum Gasteiger partial charge on any atom is 0.166 e. The standard InChI is InChI=1S/C16H24N2O3/c1-18-9-11(8-17)7-13(18)15-12(10-19-2)3-4-14-16(15)21-6-5-20-14/h3-4,11,13H,5-10,17H2,1-2H3. The smallest absolute Gasteiger partial charge is 0.166 e. The SMILES string of the molecule is COCc1ccc2c(c1C1CC(CN)CN1C)OCCO2. The van der Waals surface area contributed by atoms with Gasteiger partial charge in [-0.05, 0) is 37.6 Å². The highest BCUT2D eigenvalue weighted by molar-refractivity contribution is 5.53. The number of fused-ring (bicyclic) bond motifs is 1. The molecule has 2 atom stereocenters. The fourth-order valence-electron chi connectivity index (χ4n) is 3.44. The van der Waals surface area contributed by atoms with Gasteiger partial charge in [0.2, 0.25) is 0 Å². The van der Waals surface area contributed by atoms with Crippen molar-refractivity contribution in [3.63, 3.8) is 0 Å².